The van der Waals surface area contributed by atoms with Gasteiger partial charge in [-0.05, 0) is 61.2 Å². The van der Waals surface area contributed by atoms with Crippen LogP contribution in [-0.2, 0) is 22.4 Å². The van der Waals surface area contributed by atoms with Gasteiger partial charge in [0, 0.05) is 28.6 Å². The lowest BCUT2D eigenvalue weighted by molar-refractivity contribution is -0.136. The first kappa shape index (κ1) is 27.3. The van der Waals surface area contributed by atoms with Gasteiger partial charge in [0.1, 0.15) is 18.2 Å². The second kappa shape index (κ2) is 13.1. The van der Waals surface area contributed by atoms with Crippen molar-refractivity contribution < 1.29 is 18.4 Å². The van der Waals surface area contributed by atoms with Gasteiger partial charge >= 0.3 is 0 Å². The lowest BCUT2D eigenvalue weighted by Gasteiger charge is -2.19. The van der Waals surface area contributed by atoms with E-state index in [1.807, 2.05) is 0 Å². The number of carbonyl (C=O) groups is 2. The molecule has 0 bridgehead atoms. The van der Waals surface area contributed by atoms with Crippen molar-refractivity contribution in [3.63, 3.8) is 0 Å². The predicted octanol–water partition coefficient (Wildman–Crippen LogP) is 5.82. The second-order valence-electron chi connectivity index (χ2n) is 8.04. The molecule has 0 fully saturated rings. The number of halogens is 4. The fourth-order valence-electron chi connectivity index (χ4n) is 3.47. The molecule has 0 aliphatic carbocycles. The first-order valence-electron chi connectivity index (χ1n) is 11.3. The number of carbonyl (C=O) groups excluding carboxylic acids is 2. The molecule has 0 atom stereocenters. The number of nitrogens with zero attached hydrogens (tertiary/aromatic N) is 2. The third-order valence-corrected chi connectivity index (χ3v) is 6.04. The first-order chi connectivity index (χ1) is 17.2. The average molecular weight is 532 g/mol. The molecule has 0 saturated heterocycles. The third-order valence-electron chi connectivity index (χ3n) is 5.44. The van der Waals surface area contributed by atoms with Crippen LogP contribution in [0, 0.1) is 11.6 Å². The third kappa shape index (κ3) is 7.86. The number of hydrazone groups is 1. The molecule has 9 heteroatoms. The standard InChI is InChI=1S/C27H25Cl2F2N3O2/c1-18(19-9-12-21(28)13-10-19)33-34(27(36)14-11-20-5-2-3-7-24(20)30)17-26(35)32-16-15-22-23(29)6-4-8-25(22)31/h2-10,12-13H,11,14-17H2,1H3,(H,32,35)/b33-18+. The number of nitrogens with one attached hydrogen (secondary N) is 1. The Morgan fingerprint density at radius 2 is 1.61 bits per heavy atom. The van der Waals surface area contributed by atoms with Crippen molar-refractivity contribution in [1.29, 1.82) is 0 Å². The van der Waals surface area contributed by atoms with E-state index in [2.05, 4.69) is 10.4 Å². The number of rotatable bonds is 10. The summed E-state index contributed by atoms with van der Waals surface area (Å²) in [5.74, 6) is -1.78. The summed E-state index contributed by atoms with van der Waals surface area (Å²) in [6, 6.07) is 17.5. The van der Waals surface area contributed by atoms with Gasteiger partial charge in [0.2, 0.25) is 11.8 Å². The summed E-state index contributed by atoms with van der Waals surface area (Å²) in [6.45, 7) is 1.47. The van der Waals surface area contributed by atoms with Crippen molar-refractivity contribution in [3.05, 3.63) is 105 Å². The first-order valence-corrected chi connectivity index (χ1v) is 12.0. The Morgan fingerprint density at radius 1 is 0.917 bits per heavy atom. The molecule has 3 aromatic rings. The Labute approximate surface area is 218 Å². The van der Waals surface area contributed by atoms with Crippen LogP contribution in [0.3, 0.4) is 0 Å². The van der Waals surface area contributed by atoms with Gasteiger partial charge in [0.25, 0.3) is 0 Å². The fraction of sp³-hybridized carbons (Fsp3) is 0.222. The van der Waals surface area contributed by atoms with Gasteiger partial charge in [-0.1, -0.05) is 59.6 Å². The van der Waals surface area contributed by atoms with E-state index in [0.717, 1.165) is 10.6 Å². The zero-order valence-electron chi connectivity index (χ0n) is 19.6. The zero-order valence-corrected chi connectivity index (χ0v) is 21.1. The molecule has 0 aliphatic heterocycles. The molecule has 1 N–H and O–H groups in total. The molecule has 0 aromatic heterocycles. The Hall–Kier alpha value is -3.29. The molecule has 188 valence electrons. The van der Waals surface area contributed by atoms with Crippen LogP contribution < -0.4 is 5.32 Å². The molecule has 0 aliphatic rings. The minimum atomic E-state index is -0.477. The van der Waals surface area contributed by atoms with Gasteiger partial charge in [-0.15, -0.1) is 0 Å². The summed E-state index contributed by atoms with van der Waals surface area (Å²) in [6.07, 6.45) is 0.299. The summed E-state index contributed by atoms with van der Waals surface area (Å²) in [5.41, 5.74) is 1.92. The van der Waals surface area contributed by atoms with Gasteiger partial charge in [0.15, 0.2) is 0 Å². The highest BCUT2D eigenvalue weighted by Crippen LogP contribution is 2.19. The second-order valence-corrected chi connectivity index (χ2v) is 8.88. The summed E-state index contributed by atoms with van der Waals surface area (Å²) in [5, 5.41) is 8.93. The molecular weight excluding hydrogens is 507 g/mol. The summed E-state index contributed by atoms with van der Waals surface area (Å²) < 4.78 is 28.0. The van der Waals surface area contributed by atoms with Crippen LogP contribution in [-0.4, -0.2) is 35.6 Å². The lowest BCUT2D eigenvalue weighted by atomic mass is 10.1. The number of hydrogen-bond donors (Lipinski definition) is 1. The summed E-state index contributed by atoms with van der Waals surface area (Å²) in [7, 11) is 0. The minimum absolute atomic E-state index is 0.0452. The van der Waals surface area contributed by atoms with E-state index in [4.69, 9.17) is 23.2 Å². The Kier molecular flexibility index (Phi) is 9.96. The maximum Gasteiger partial charge on any atom is 0.243 e. The molecule has 0 radical (unpaired) electrons. The van der Waals surface area contributed by atoms with Gasteiger partial charge in [-0.2, -0.15) is 5.10 Å². The molecular formula is C27H25Cl2F2N3O2. The van der Waals surface area contributed by atoms with E-state index >= 15 is 0 Å². The van der Waals surface area contributed by atoms with Gasteiger partial charge < -0.3 is 5.32 Å². The smallest absolute Gasteiger partial charge is 0.243 e. The van der Waals surface area contributed by atoms with Crippen molar-refractivity contribution in [3.8, 4) is 0 Å². The number of amides is 2. The SMILES string of the molecule is C/C(=N\N(CC(=O)NCCc1c(F)cccc1Cl)C(=O)CCc1ccccc1F)c1ccc(Cl)cc1. The van der Waals surface area contributed by atoms with E-state index in [1.165, 1.54) is 18.2 Å². The largest absolute Gasteiger partial charge is 0.354 e. The van der Waals surface area contributed by atoms with E-state index < -0.39 is 23.4 Å². The highest BCUT2D eigenvalue weighted by molar-refractivity contribution is 6.31. The van der Waals surface area contributed by atoms with Crippen molar-refractivity contribution in [2.24, 2.45) is 5.10 Å². The lowest BCUT2D eigenvalue weighted by Crippen LogP contribution is -2.39. The molecule has 36 heavy (non-hydrogen) atoms. The molecule has 5 nitrogen and oxygen atoms in total. The zero-order chi connectivity index (χ0) is 26.1. The van der Waals surface area contributed by atoms with Gasteiger partial charge in [-0.3, -0.25) is 9.59 Å². The van der Waals surface area contributed by atoms with E-state index in [0.29, 0.717) is 21.9 Å². The van der Waals surface area contributed by atoms with Crippen LogP contribution in [0.15, 0.2) is 71.8 Å². The molecule has 0 heterocycles. The minimum Gasteiger partial charge on any atom is -0.354 e. The Bertz CT molecular complexity index is 1230. The average Bonchev–Trinajstić information content (AvgIpc) is 2.85. The monoisotopic (exact) mass is 531 g/mol. The molecule has 0 saturated carbocycles. The fourth-order valence-corrected chi connectivity index (χ4v) is 3.85. The normalized spacial score (nSPS) is 11.3. The van der Waals surface area contributed by atoms with Crippen LogP contribution in [0.4, 0.5) is 8.78 Å². The van der Waals surface area contributed by atoms with Crippen molar-refractivity contribution in [2.45, 2.75) is 26.2 Å². The summed E-state index contributed by atoms with van der Waals surface area (Å²) >= 11 is 12.0. The predicted molar refractivity (Wildman–Crippen MR) is 138 cm³/mol. The van der Waals surface area contributed by atoms with E-state index in [1.54, 1.807) is 55.5 Å². The highest BCUT2D eigenvalue weighted by Gasteiger charge is 2.18. The van der Waals surface area contributed by atoms with Crippen LogP contribution in [0.1, 0.15) is 30.0 Å². The van der Waals surface area contributed by atoms with Gasteiger partial charge in [0.05, 0.1) is 5.71 Å². The van der Waals surface area contributed by atoms with Gasteiger partial charge in [-0.25, -0.2) is 13.8 Å². The molecule has 2 amide bonds. The Morgan fingerprint density at radius 3 is 2.31 bits per heavy atom. The highest BCUT2D eigenvalue weighted by atomic mass is 35.5. The molecule has 3 rings (SSSR count). The molecule has 3 aromatic carbocycles. The van der Waals surface area contributed by atoms with Crippen molar-refractivity contribution in [2.75, 3.05) is 13.1 Å². The van der Waals surface area contributed by atoms with Crippen LogP contribution in [0.5, 0.6) is 0 Å². The quantitative estimate of drug-likeness (QED) is 0.265. The molecule has 0 unspecified atom stereocenters. The number of aryl methyl sites for hydroxylation is 1. The topological polar surface area (TPSA) is 61.8 Å². The van der Waals surface area contributed by atoms with Crippen LogP contribution in [0.2, 0.25) is 10.0 Å². The van der Waals surface area contributed by atoms with Crippen molar-refractivity contribution in [1.82, 2.24) is 10.3 Å². The van der Waals surface area contributed by atoms with Crippen LogP contribution in [0.25, 0.3) is 0 Å². The Balaban J connectivity index is 1.69. The maximum atomic E-state index is 14.0. The van der Waals surface area contributed by atoms with E-state index in [-0.39, 0.29) is 37.4 Å². The van der Waals surface area contributed by atoms with E-state index in [9.17, 15) is 18.4 Å². The number of benzene rings is 3. The number of hydrogen-bond acceptors (Lipinski definition) is 3. The van der Waals surface area contributed by atoms with Crippen molar-refractivity contribution >= 4 is 40.7 Å². The summed E-state index contributed by atoms with van der Waals surface area (Å²) in [4.78, 5) is 25.6. The molecule has 0 spiro atoms. The maximum absolute atomic E-state index is 14.0. The van der Waals surface area contributed by atoms with Crippen LogP contribution >= 0.6 is 23.2 Å².